The number of Topliss-reactive ketones (excluding diaryl/α,β-unsaturated/α-hetero) is 1. The van der Waals surface area contributed by atoms with Crippen molar-refractivity contribution in [2.45, 2.75) is 13.3 Å². The molecule has 0 aromatic heterocycles. The molecule has 88 valence electrons. The summed E-state index contributed by atoms with van der Waals surface area (Å²) >= 11 is 0. The quantitative estimate of drug-likeness (QED) is 0.545. The fraction of sp³-hybridized carbons (Fsp3) is 0.462. The number of hydrogen-bond acceptors (Lipinski definition) is 3. The van der Waals surface area contributed by atoms with Crippen LogP contribution in [0.1, 0.15) is 23.7 Å². The van der Waals surface area contributed by atoms with Gasteiger partial charge < -0.3 is 9.64 Å². The summed E-state index contributed by atoms with van der Waals surface area (Å²) in [7, 11) is 4.08. The van der Waals surface area contributed by atoms with Gasteiger partial charge in [0.1, 0.15) is 5.75 Å². The third-order valence-corrected chi connectivity index (χ3v) is 2.26. The van der Waals surface area contributed by atoms with Crippen LogP contribution in [0.5, 0.6) is 5.75 Å². The SMILES string of the molecule is CC(=O)c1cccc(OCCCN(C)C)c1. The molecule has 0 N–H and O–H groups in total. The zero-order chi connectivity index (χ0) is 12.0. The maximum Gasteiger partial charge on any atom is 0.159 e. The molecule has 0 saturated carbocycles. The highest BCUT2D eigenvalue weighted by Gasteiger charge is 2.00. The number of benzene rings is 1. The molecule has 0 radical (unpaired) electrons. The van der Waals surface area contributed by atoms with Crippen molar-refractivity contribution >= 4 is 5.78 Å². The van der Waals surface area contributed by atoms with Crippen molar-refractivity contribution in [3.05, 3.63) is 29.8 Å². The first-order valence-electron chi connectivity index (χ1n) is 5.48. The summed E-state index contributed by atoms with van der Waals surface area (Å²) < 4.78 is 5.57. The number of ether oxygens (including phenoxy) is 1. The molecule has 0 fully saturated rings. The molecule has 1 aromatic rings. The summed E-state index contributed by atoms with van der Waals surface area (Å²) in [5.74, 6) is 0.838. The fourth-order valence-corrected chi connectivity index (χ4v) is 1.38. The number of nitrogens with zero attached hydrogens (tertiary/aromatic N) is 1. The Morgan fingerprint density at radius 1 is 1.38 bits per heavy atom. The Labute approximate surface area is 97.0 Å². The van der Waals surface area contributed by atoms with Gasteiger partial charge in [-0.3, -0.25) is 4.79 Å². The molecule has 3 heteroatoms. The van der Waals surface area contributed by atoms with Gasteiger partial charge in [0.15, 0.2) is 5.78 Å². The Kier molecular flexibility index (Phi) is 4.99. The molecule has 1 rings (SSSR count). The molecule has 0 heterocycles. The van der Waals surface area contributed by atoms with Crippen LogP contribution in [0.4, 0.5) is 0 Å². The Bertz CT molecular complexity index is 348. The van der Waals surface area contributed by atoms with Gasteiger partial charge in [-0.05, 0) is 39.6 Å². The minimum absolute atomic E-state index is 0.0683. The Balaban J connectivity index is 2.42. The lowest BCUT2D eigenvalue weighted by Gasteiger charge is -2.10. The maximum absolute atomic E-state index is 11.2. The van der Waals surface area contributed by atoms with Crippen LogP contribution < -0.4 is 4.74 Å². The highest BCUT2D eigenvalue weighted by molar-refractivity contribution is 5.94. The van der Waals surface area contributed by atoms with E-state index in [1.807, 2.05) is 26.2 Å². The standard InChI is InChI=1S/C13H19NO2/c1-11(15)12-6-4-7-13(10-12)16-9-5-8-14(2)3/h4,6-7,10H,5,8-9H2,1-3H3. The van der Waals surface area contributed by atoms with Crippen LogP contribution in [0, 0.1) is 0 Å². The summed E-state index contributed by atoms with van der Waals surface area (Å²) in [6.07, 6.45) is 0.983. The van der Waals surface area contributed by atoms with Crippen molar-refractivity contribution in [1.82, 2.24) is 4.90 Å². The van der Waals surface area contributed by atoms with E-state index in [0.29, 0.717) is 12.2 Å². The third-order valence-electron chi connectivity index (χ3n) is 2.26. The lowest BCUT2D eigenvalue weighted by molar-refractivity contribution is 0.101. The summed E-state index contributed by atoms with van der Waals surface area (Å²) in [6, 6.07) is 7.31. The average Bonchev–Trinajstić information content (AvgIpc) is 2.24. The first-order valence-corrected chi connectivity index (χ1v) is 5.48. The molecule has 16 heavy (non-hydrogen) atoms. The number of hydrogen-bond donors (Lipinski definition) is 0. The first kappa shape index (κ1) is 12.7. The van der Waals surface area contributed by atoms with Gasteiger partial charge in [-0.25, -0.2) is 0 Å². The smallest absolute Gasteiger partial charge is 0.159 e. The van der Waals surface area contributed by atoms with Gasteiger partial charge in [0.05, 0.1) is 6.61 Å². The van der Waals surface area contributed by atoms with Crippen LogP contribution in [0.15, 0.2) is 24.3 Å². The van der Waals surface area contributed by atoms with Gasteiger partial charge >= 0.3 is 0 Å². The topological polar surface area (TPSA) is 29.5 Å². The van der Waals surface area contributed by atoms with E-state index < -0.39 is 0 Å². The molecule has 0 spiro atoms. The van der Waals surface area contributed by atoms with E-state index in [0.717, 1.165) is 18.7 Å². The minimum atomic E-state index is 0.0683. The number of carbonyl (C=O) groups excluding carboxylic acids is 1. The van der Waals surface area contributed by atoms with Crippen molar-refractivity contribution in [2.24, 2.45) is 0 Å². The Hall–Kier alpha value is -1.35. The second-order valence-corrected chi connectivity index (χ2v) is 4.09. The summed E-state index contributed by atoms with van der Waals surface area (Å²) in [5.41, 5.74) is 0.699. The average molecular weight is 221 g/mol. The zero-order valence-electron chi connectivity index (χ0n) is 10.2. The lowest BCUT2D eigenvalue weighted by Crippen LogP contribution is -2.15. The van der Waals surface area contributed by atoms with Crippen LogP contribution in [0.25, 0.3) is 0 Å². The molecule has 0 amide bonds. The van der Waals surface area contributed by atoms with Gasteiger partial charge in [-0.15, -0.1) is 0 Å². The largest absolute Gasteiger partial charge is 0.494 e. The molecule has 1 aromatic carbocycles. The molecule has 0 saturated heterocycles. The molecule has 0 unspecified atom stereocenters. The van der Waals surface area contributed by atoms with E-state index in [-0.39, 0.29) is 5.78 Å². The molecular formula is C13H19NO2. The van der Waals surface area contributed by atoms with Crippen molar-refractivity contribution in [1.29, 1.82) is 0 Å². The highest BCUT2D eigenvalue weighted by Crippen LogP contribution is 2.13. The predicted octanol–water partition coefficient (Wildman–Crippen LogP) is 2.22. The van der Waals surface area contributed by atoms with Crippen molar-refractivity contribution < 1.29 is 9.53 Å². The number of carbonyl (C=O) groups is 1. The Morgan fingerprint density at radius 2 is 2.12 bits per heavy atom. The van der Waals surface area contributed by atoms with Crippen LogP contribution in [-0.4, -0.2) is 37.9 Å². The zero-order valence-corrected chi connectivity index (χ0v) is 10.2. The number of ketones is 1. The van der Waals surface area contributed by atoms with Gasteiger partial charge in [-0.1, -0.05) is 12.1 Å². The number of rotatable bonds is 6. The van der Waals surface area contributed by atoms with E-state index in [1.165, 1.54) is 0 Å². The molecule has 0 aliphatic carbocycles. The second kappa shape index (κ2) is 6.28. The van der Waals surface area contributed by atoms with Gasteiger partial charge in [-0.2, -0.15) is 0 Å². The fourth-order valence-electron chi connectivity index (χ4n) is 1.38. The van der Waals surface area contributed by atoms with Gasteiger partial charge in [0.2, 0.25) is 0 Å². The highest BCUT2D eigenvalue weighted by atomic mass is 16.5. The maximum atomic E-state index is 11.2. The van der Waals surface area contributed by atoms with Crippen molar-refractivity contribution in [3.8, 4) is 5.75 Å². The van der Waals surface area contributed by atoms with Crippen molar-refractivity contribution in [2.75, 3.05) is 27.2 Å². The lowest BCUT2D eigenvalue weighted by atomic mass is 10.1. The van der Waals surface area contributed by atoms with Crippen LogP contribution in [0.2, 0.25) is 0 Å². The van der Waals surface area contributed by atoms with E-state index in [9.17, 15) is 4.79 Å². The summed E-state index contributed by atoms with van der Waals surface area (Å²) in [6.45, 7) is 3.25. The molecule has 3 nitrogen and oxygen atoms in total. The molecule has 0 atom stereocenters. The summed E-state index contributed by atoms with van der Waals surface area (Å²) in [4.78, 5) is 13.3. The molecule has 0 bridgehead atoms. The molecule has 0 aliphatic rings. The van der Waals surface area contributed by atoms with Gasteiger partial charge in [0, 0.05) is 12.1 Å². The summed E-state index contributed by atoms with van der Waals surface area (Å²) in [5, 5.41) is 0. The normalized spacial score (nSPS) is 10.5. The second-order valence-electron chi connectivity index (χ2n) is 4.09. The first-order chi connectivity index (χ1) is 7.59. The Morgan fingerprint density at radius 3 is 2.75 bits per heavy atom. The van der Waals surface area contributed by atoms with Crippen molar-refractivity contribution in [3.63, 3.8) is 0 Å². The van der Waals surface area contributed by atoms with Gasteiger partial charge in [0.25, 0.3) is 0 Å². The molecule has 0 aliphatic heterocycles. The van der Waals surface area contributed by atoms with Crippen LogP contribution >= 0.6 is 0 Å². The van der Waals surface area contributed by atoms with E-state index in [1.54, 1.807) is 19.1 Å². The van der Waals surface area contributed by atoms with Crippen LogP contribution in [-0.2, 0) is 0 Å². The predicted molar refractivity (Wildman–Crippen MR) is 65.1 cm³/mol. The minimum Gasteiger partial charge on any atom is -0.494 e. The van der Waals surface area contributed by atoms with E-state index in [2.05, 4.69) is 4.90 Å². The molecular weight excluding hydrogens is 202 g/mol. The van der Waals surface area contributed by atoms with Crippen LogP contribution in [0.3, 0.4) is 0 Å². The third kappa shape index (κ3) is 4.45. The van der Waals surface area contributed by atoms with E-state index >= 15 is 0 Å². The van der Waals surface area contributed by atoms with E-state index in [4.69, 9.17) is 4.74 Å². The monoisotopic (exact) mass is 221 g/mol.